The average Bonchev–Trinajstić information content (AvgIpc) is 2.50. The van der Waals surface area contributed by atoms with Crippen LogP contribution < -0.4 is 10.6 Å². The van der Waals surface area contributed by atoms with Gasteiger partial charge in [-0.15, -0.1) is 0 Å². The Morgan fingerprint density at radius 3 is 2.71 bits per heavy atom. The molecule has 1 aliphatic heterocycles. The van der Waals surface area contributed by atoms with Gasteiger partial charge in [0.1, 0.15) is 0 Å². The lowest BCUT2D eigenvalue weighted by Gasteiger charge is -2.34. The molecule has 0 atom stereocenters. The first kappa shape index (κ1) is 16.1. The topological polar surface area (TPSA) is 61.8 Å². The number of anilines is 1. The zero-order valence-corrected chi connectivity index (χ0v) is 13.7. The molecule has 0 bridgehead atoms. The minimum atomic E-state index is -0.354. The number of oxime groups is 1. The van der Waals surface area contributed by atoms with Gasteiger partial charge in [0.15, 0.2) is 11.7 Å². The third-order valence-electron chi connectivity index (χ3n) is 4.10. The summed E-state index contributed by atoms with van der Waals surface area (Å²) >= 11 is 3.20. The quantitative estimate of drug-likeness (QED) is 0.373. The van der Waals surface area contributed by atoms with Crippen LogP contribution in [0.2, 0.25) is 0 Å². The third-order valence-corrected chi connectivity index (χ3v) is 4.87. The van der Waals surface area contributed by atoms with E-state index in [4.69, 9.17) is 10.9 Å². The summed E-state index contributed by atoms with van der Waals surface area (Å²) in [5, 5.41) is 11.6. The molecule has 21 heavy (non-hydrogen) atoms. The molecule has 0 aliphatic carbocycles. The van der Waals surface area contributed by atoms with Gasteiger partial charge in [0.25, 0.3) is 0 Å². The van der Waals surface area contributed by atoms with E-state index >= 15 is 0 Å². The van der Waals surface area contributed by atoms with Crippen molar-refractivity contribution < 1.29 is 9.60 Å². The van der Waals surface area contributed by atoms with Crippen LogP contribution in [0.3, 0.4) is 0 Å². The first-order chi connectivity index (χ1) is 10.1. The molecule has 1 saturated heterocycles. The van der Waals surface area contributed by atoms with Crippen molar-refractivity contribution in [2.75, 3.05) is 18.0 Å². The van der Waals surface area contributed by atoms with Crippen LogP contribution >= 0.6 is 15.9 Å². The molecule has 1 aromatic rings. The Labute approximate surface area is 132 Å². The maximum absolute atomic E-state index is 14.5. The number of nitrogens with two attached hydrogens (primary N) is 1. The predicted octanol–water partition coefficient (Wildman–Crippen LogP) is 3.70. The van der Waals surface area contributed by atoms with E-state index in [1.165, 1.54) is 12.8 Å². The number of benzene rings is 1. The number of nitrogens with zero attached hydrogens (tertiary/aromatic N) is 2. The van der Waals surface area contributed by atoms with Gasteiger partial charge in [-0.1, -0.05) is 24.9 Å². The van der Waals surface area contributed by atoms with Crippen LogP contribution in [-0.4, -0.2) is 24.1 Å². The van der Waals surface area contributed by atoms with Crippen LogP contribution in [0.15, 0.2) is 21.8 Å². The Morgan fingerprint density at radius 1 is 1.48 bits per heavy atom. The Morgan fingerprint density at radius 2 is 2.14 bits per heavy atom. The second kappa shape index (κ2) is 7.11. The first-order valence-electron chi connectivity index (χ1n) is 7.29. The molecular weight excluding hydrogens is 337 g/mol. The van der Waals surface area contributed by atoms with Crippen molar-refractivity contribution in [3.05, 3.63) is 28.0 Å². The van der Waals surface area contributed by atoms with E-state index < -0.39 is 0 Å². The van der Waals surface area contributed by atoms with E-state index in [0.717, 1.165) is 31.8 Å². The smallest absolute Gasteiger partial charge is 0.171 e. The summed E-state index contributed by atoms with van der Waals surface area (Å²) in [6, 6.07) is 3.38. The van der Waals surface area contributed by atoms with Crippen LogP contribution in [-0.2, 0) is 0 Å². The van der Waals surface area contributed by atoms with Crippen molar-refractivity contribution in [3.8, 4) is 0 Å². The van der Waals surface area contributed by atoms with Gasteiger partial charge < -0.3 is 15.8 Å². The van der Waals surface area contributed by atoms with Gasteiger partial charge in [0, 0.05) is 18.7 Å². The van der Waals surface area contributed by atoms with Crippen molar-refractivity contribution in [1.82, 2.24) is 0 Å². The fraction of sp³-hybridized carbons (Fsp3) is 0.533. The van der Waals surface area contributed by atoms with Gasteiger partial charge in [0.05, 0.1) is 10.2 Å². The van der Waals surface area contributed by atoms with E-state index in [2.05, 4.69) is 32.9 Å². The Balaban J connectivity index is 2.17. The standard InChI is InChI=1S/C15H21BrFN3O/c1-2-3-10-6-8-20(9-7-10)12-5-4-11(15(18)19-21)13(16)14(12)17/h4-5,10,21H,2-3,6-9H2,1H3,(H2,18,19). The molecule has 0 unspecified atom stereocenters. The zero-order chi connectivity index (χ0) is 15.4. The van der Waals surface area contributed by atoms with Gasteiger partial charge >= 0.3 is 0 Å². The number of rotatable bonds is 4. The summed E-state index contributed by atoms with van der Waals surface area (Å²) in [4.78, 5) is 2.07. The lowest BCUT2D eigenvalue weighted by Crippen LogP contribution is -2.34. The molecule has 0 radical (unpaired) electrons. The highest BCUT2D eigenvalue weighted by atomic mass is 79.9. The normalized spacial score (nSPS) is 17.3. The summed E-state index contributed by atoms with van der Waals surface area (Å²) in [7, 11) is 0. The molecule has 0 aromatic heterocycles. The van der Waals surface area contributed by atoms with Gasteiger partial charge in [-0.2, -0.15) is 0 Å². The van der Waals surface area contributed by atoms with E-state index in [-0.39, 0.29) is 16.1 Å². The van der Waals surface area contributed by atoms with Crippen LogP contribution in [0, 0.1) is 11.7 Å². The summed E-state index contributed by atoms with van der Waals surface area (Å²) < 4.78 is 14.7. The molecular formula is C15H21BrFN3O. The first-order valence-corrected chi connectivity index (χ1v) is 8.08. The average molecular weight is 358 g/mol. The van der Waals surface area contributed by atoms with Crippen molar-refractivity contribution in [2.45, 2.75) is 32.6 Å². The van der Waals surface area contributed by atoms with Crippen molar-refractivity contribution >= 4 is 27.5 Å². The second-order valence-electron chi connectivity index (χ2n) is 5.46. The van der Waals surface area contributed by atoms with Gasteiger partial charge in [-0.25, -0.2) is 4.39 Å². The van der Waals surface area contributed by atoms with E-state index in [9.17, 15) is 4.39 Å². The lowest BCUT2D eigenvalue weighted by molar-refractivity contribution is 0.318. The van der Waals surface area contributed by atoms with Crippen molar-refractivity contribution in [2.24, 2.45) is 16.8 Å². The molecule has 116 valence electrons. The minimum Gasteiger partial charge on any atom is -0.409 e. The summed E-state index contributed by atoms with van der Waals surface area (Å²) in [6.07, 6.45) is 4.67. The van der Waals surface area contributed by atoms with Gasteiger partial charge in [0.2, 0.25) is 0 Å². The minimum absolute atomic E-state index is 0.103. The summed E-state index contributed by atoms with van der Waals surface area (Å²) in [6.45, 7) is 3.95. The van der Waals surface area contributed by atoms with Crippen molar-refractivity contribution in [1.29, 1.82) is 0 Å². The monoisotopic (exact) mass is 357 g/mol. The highest BCUT2D eigenvalue weighted by Crippen LogP contribution is 2.32. The second-order valence-corrected chi connectivity index (χ2v) is 6.26. The molecule has 2 rings (SSSR count). The van der Waals surface area contributed by atoms with E-state index in [1.807, 2.05) is 0 Å². The highest BCUT2D eigenvalue weighted by molar-refractivity contribution is 9.10. The largest absolute Gasteiger partial charge is 0.409 e. The van der Waals surface area contributed by atoms with Gasteiger partial charge in [-0.3, -0.25) is 0 Å². The Hall–Kier alpha value is -1.30. The fourth-order valence-electron chi connectivity index (χ4n) is 2.91. The van der Waals surface area contributed by atoms with Crippen LogP contribution in [0.5, 0.6) is 0 Å². The van der Waals surface area contributed by atoms with Crippen LogP contribution in [0.4, 0.5) is 10.1 Å². The van der Waals surface area contributed by atoms with E-state index in [0.29, 0.717) is 11.3 Å². The number of hydrogen-bond acceptors (Lipinski definition) is 3. The molecule has 1 aliphatic rings. The molecule has 6 heteroatoms. The molecule has 0 saturated carbocycles. The Bertz CT molecular complexity index is 528. The molecule has 0 amide bonds. The van der Waals surface area contributed by atoms with Crippen molar-refractivity contribution in [3.63, 3.8) is 0 Å². The predicted molar refractivity (Wildman–Crippen MR) is 86.5 cm³/mol. The van der Waals surface area contributed by atoms with Gasteiger partial charge in [-0.05, 0) is 46.8 Å². The molecule has 1 heterocycles. The number of piperidine rings is 1. The molecule has 1 aromatic carbocycles. The molecule has 1 fully saturated rings. The Kier molecular flexibility index (Phi) is 5.45. The molecule has 3 N–H and O–H groups in total. The third kappa shape index (κ3) is 3.48. The van der Waals surface area contributed by atoms with Crippen LogP contribution in [0.25, 0.3) is 0 Å². The SMILES string of the molecule is CCCC1CCN(c2ccc(/C(N)=N/O)c(Br)c2F)CC1. The fourth-order valence-corrected chi connectivity index (χ4v) is 3.44. The lowest BCUT2D eigenvalue weighted by atomic mass is 9.92. The van der Waals surface area contributed by atoms with Crippen LogP contribution in [0.1, 0.15) is 38.2 Å². The maximum atomic E-state index is 14.5. The molecule has 0 spiro atoms. The van der Waals surface area contributed by atoms with E-state index in [1.54, 1.807) is 12.1 Å². The highest BCUT2D eigenvalue weighted by Gasteiger charge is 2.23. The summed E-state index contributed by atoms with van der Waals surface area (Å²) in [5.74, 6) is 0.302. The maximum Gasteiger partial charge on any atom is 0.171 e. The zero-order valence-electron chi connectivity index (χ0n) is 12.1. The summed E-state index contributed by atoms with van der Waals surface area (Å²) in [5.41, 5.74) is 6.47. The number of amidine groups is 1. The molecule has 4 nitrogen and oxygen atoms in total. The number of hydrogen-bond donors (Lipinski definition) is 2. The number of halogens is 2.